The Morgan fingerprint density at radius 3 is 2.24 bits per heavy atom. The van der Waals surface area contributed by atoms with Gasteiger partial charge in [0.15, 0.2) is 0 Å². The molecule has 0 aliphatic rings. The van der Waals surface area contributed by atoms with Gasteiger partial charge >= 0.3 is 6.18 Å². The predicted octanol–water partition coefficient (Wildman–Crippen LogP) is 4.24. The van der Waals surface area contributed by atoms with Gasteiger partial charge in [0.1, 0.15) is 11.3 Å². The zero-order chi connectivity index (χ0) is 15.7. The second kappa shape index (κ2) is 5.56. The summed E-state index contributed by atoms with van der Waals surface area (Å²) in [4.78, 5) is 0. The molecule has 114 valence electrons. The molecular weight excluding hydrogens is 279 g/mol. The van der Waals surface area contributed by atoms with Crippen LogP contribution in [-0.4, -0.2) is 19.8 Å². The van der Waals surface area contributed by atoms with E-state index in [1.807, 2.05) is 0 Å². The number of ether oxygens (including phenoxy) is 1. The molecule has 5 heteroatoms. The number of alkyl halides is 3. The molecule has 2 aromatic rings. The Balaban J connectivity index is 2.55. The third kappa shape index (κ3) is 2.83. The zero-order valence-electron chi connectivity index (χ0n) is 12.2. The van der Waals surface area contributed by atoms with Crippen molar-refractivity contribution in [3.05, 3.63) is 42.0 Å². The van der Waals surface area contributed by atoms with E-state index in [0.717, 1.165) is 10.8 Å². The van der Waals surface area contributed by atoms with E-state index >= 15 is 0 Å². The van der Waals surface area contributed by atoms with E-state index in [2.05, 4.69) is 5.32 Å². The van der Waals surface area contributed by atoms with E-state index in [0.29, 0.717) is 5.75 Å². The molecule has 2 rings (SSSR count). The highest BCUT2D eigenvalue weighted by atomic mass is 19.4. The lowest BCUT2D eigenvalue weighted by Crippen LogP contribution is -2.51. The van der Waals surface area contributed by atoms with Gasteiger partial charge in [-0.05, 0) is 48.0 Å². The van der Waals surface area contributed by atoms with E-state index in [-0.39, 0.29) is 12.1 Å². The summed E-state index contributed by atoms with van der Waals surface area (Å²) in [6.45, 7) is 3.06. The minimum absolute atomic E-state index is 0.203. The number of rotatable bonds is 4. The van der Waals surface area contributed by atoms with Crippen LogP contribution in [-0.2, 0) is 5.54 Å². The van der Waals surface area contributed by atoms with Crippen LogP contribution in [0.3, 0.4) is 0 Å². The van der Waals surface area contributed by atoms with Gasteiger partial charge in [0, 0.05) is 0 Å². The highest BCUT2D eigenvalue weighted by Gasteiger charge is 2.51. The van der Waals surface area contributed by atoms with Crippen molar-refractivity contribution in [3.8, 4) is 5.75 Å². The number of hydrogen-bond donors (Lipinski definition) is 1. The molecule has 0 heterocycles. The Labute approximate surface area is 121 Å². The summed E-state index contributed by atoms with van der Waals surface area (Å²) in [5.41, 5.74) is -1.86. The fourth-order valence-electron chi connectivity index (χ4n) is 2.38. The Bertz CT molecular complexity index is 639. The molecule has 0 saturated carbocycles. The van der Waals surface area contributed by atoms with Gasteiger partial charge in [0.25, 0.3) is 0 Å². The Kier molecular flexibility index (Phi) is 4.14. The normalized spacial score (nSPS) is 15.0. The molecule has 1 N–H and O–H groups in total. The van der Waals surface area contributed by atoms with Crippen LogP contribution < -0.4 is 10.1 Å². The van der Waals surface area contributed by atoms with Crippen molar-refractivity contribution >= 4 is 10.8 Å². The lowest BCUT2D eigenvalue weighted by atomic mass is 9.89. The summed E-state index contributed by atoms with van der Waals surface area (Å²) in [6.07, 6.45) is -4.37. The molecule has 2 nitrogen and oxygen atoms in total. The van der Waals surface area contributed by atoms with Crippen molar-refractivity contribution in [1.29, 1.82) is 0 Å². The van der Waals surface area contributed by atoms with Crippen molar-refractivity contribution in [2.24, 2.45) is 0 Å². The number of benzene rings is 2. The predicted molar refractivity (Wildman–Crippen MR) is 77.6 cm³/mol. The van der Waals surface area contributed by atoms with Crippen LogP contribution in [0.1, 0.15) is 19.4 Å². The van der Waals surface area contributed by atoms with Crippen molar-refractivity contribution in [2.75, 3.05) is 13.7 Å². The van der Waals surface area contributed by atoms with Gasteiger partial charge in [0.2, 0.25) is 0 Å². The lowest BCUT2D eigenvalue weighted by molar-refractivity contribution is -0.195. The summed E-state index contributed by atoms with van der Waals surface area (Å²) >= 11 is 0. The monoisotopic (exact) mass is 297 g/mol. The molecule has 0 fully saturated rings. The SMILES string of the molecule is CCNC(C)(c1ccc2cc(OC)ccc2c1)C(F)(F)F. The molecule has 0 aromatic heterocycles. The number of nitrogens with one attached hydrogen (secondary N) is 1. The van der Waals surface area contributed by atoms with Gasteiger partial charge in [0.05, 0.1) is 7.11 Å². The first-order valence-electron chi connectivity index (χ1n) is 6.72. The van der Waals surface area contributed by atoms with Crippen LogP contribution in [0.5, 0.6) is 5.75 Å². The quantitative estimate of drug-likeness (QED) is 0.911. The van der Waals surface area contributed by atoms with Gasteiger partial charge in [-0.15, -0.1) is 0 Å². The molecule has 0 aliphatic heterocycles. The van der Waals surface area contributed by atoms with Crippen molar-refractivity contribution in [1.82, 2.24) is 5.32 Å². The smallest absolute Gasteiger partial charge is 0.410 e. The lowest BCUT2D eigenvalue weighted by Gasteiger charge is -2.33. The molecule has 0 saturated heterocycles. The maximum absolute atomic E-state index is 13.4. The molecule has 0 aliphatic carbocycles. The summed E-state index contributed by atoms with van der Waals surface area (Å²) in [5.74, 6) is 0.681. The fourth-order valence-corrected chi connectivity index (χ4v) is 2.38. The minimum atomic E-state index is -4.37. The van der Waals surface area contributed by atoms with Gasteiger partial charge in [-0.3, -0.25) is 0 Å². The average Bonchev–Trinajstić information content (AvgIpc) is 2.45. The number of halogens is 3. The molecule has 2 aromatic carbocycles. The first kappa shape index (κ1) is 15.6. The van der Waals surface area contributed by atoms with Gasteiger partial charge < -0.3 is 10.1 Å². The molecule has 21 heavy (non-hydrogen) atoms. The topological polar surface area (TPSA) is 21.3 Å². The second-order valence-electron chi connectivity index (χ2n) is 5.08. The standard InChI is InChI=1S/C16H18F3NO/c1-4-20-15(2,16(17,18)19)13-7-5-12-10-14(21-3)8-6-11(12)9-13/h5-10,20H,4H2,1-3H3. The van der Waals surface area contributed by atoms with Gasteiger partial charge in [-0.1, -0.05) is 25.1 Å². The molecular formula is C16H18F3NO. The van der Waals surface area contributed by atoms with Crippen molar-refractivity contribution in [2.45, 2.75) is 25.6 Å². The average molecular weight is 297 g/mol. The van der Waals surface area contributed by atoms with Crippen molar-refractivity contribution in [3.63, 3.8) is 0 Å². The molecule has 0 amide bonds. The van der Waals surface area contributed by atoms with E-state index in [4.69, 9.17) is 4.74 Å². The zero-order valence-corrected chi connectivity index (χ0v) is 12.2. The maximum Gasteiger partial charge on any atom is 0.410 e. The Hall–Kier alpha value is -1.75. The van der Waals surface area contributed by atoms with Crippen LogP contribution in [0.15, 0.2) is 36.4 Å². The van der Waals surface area contributed by atoms with Crippen LogP contribution in [0.25, 0.3) is 10.8 Å². The minimum Gasteiger partial charge on any atom is -0.497 e. The fraction of sp³-hybridized carbons (Fsp3) is 0.375. The van der Waals surface area contributed by atoms with E-state index in [1.165, 1.54) is 13.0 Å². The van der Waals surface area contributed by atoms with E-state index < -0.39 is 11.7 Å². The highest BCUT2D eigenvalue weighted by Crippen LogP contribution is 2.39. The van der Waals surface area contributed by atoms with Crippen LogP contribution in [0, 0.1) is 0 Å². The second-order valence-corrected chi connectivity index (χ2v) is 5.08. The van der Waals surface area contributed by atoms with Crippen LogP contribution in [0.4, 0.5) is 13.2 Å². The van der Waals surface area contributed by atoms with E-state index in [9.17, 15) is 13.2 Å². The van der Waals surface area contributed by atoms with Crippen LogP contribution in [0.2, 0.25) is 0 Å². The van der Waals surface area contributed by atoms with E-state index in [1.54, 1.807) is 44.4 Å². The first-order chi connectivity index (χ1) is 9.81. The van der Waals surface area contributed by atoms with Gasteiger partial charge in [-0.2, -0.15) is 13.2 Å². The Morgan fingerprint density at radius 1 is 1.05 bits per heavy atom. The number of fused-ring (bicyclic) bond motifs is 1. The summed E-state index contributed by atoms with van der Waals surface area (Å²) in [5, 5.41) is 4.15. The van der Waals surface area contributed by atoms with Gasteiger partial charge in [-0.25, -0.2) is 0 Å². The van der Waals surface area contributed by atoms with Crippen LogP contribution >= 0.6 is 0 Å². The largest absolute Gasteiger partial charge is 0.497 e. The molecule has 0 spiro atoms. The first-order valence-corrected chi connectivity index (χ1v) is 6.72. The summed E-state index contributed by atoms with van der Waals surface area (Å²) in [7, 11) is 1.56. The highest BCUT2D eigenvalue weighted by molar-refractivity contribution is 5.84. The third-order valence-electron chi connectivity index (χ3n) is 3.72. The maximum atomic E-state index is 13.4. The summed E-state index contributed by atoms with van der Waals surface area (Å²) in [6, 6.07) is 10.1. The summed E-state index contributed by atoms with van der Waals surface area (Å²) < 4.78 is 45.4. The van der Waals surface area contributed by atoms with Crippen molar-refractivity contribution < 1.29 is 17.9 Å². The number of methoxy groups -OCH3 is 1. The Morgan fingerprint density at radius 2 is 1.67 bits per heavy atom. The molecule has 1 atom stereocenters. The molecule has 0 radical (unpaired) electrons. The third-order valence-corrected chi connectivity index (χ3v) is 3.72. The molecule has 0 bridgehead atoms. The molecule has 1 unspecified atom stereocenters. The number of hydrogen-bond acceptors (Lipinski definition) is 2.